The SMILES string of the molecule is O=C1CN=C(C2CCN(CCCOc3ccc(F)cc3)CC2)c2ccccc21. The molecule has 2 aliphatic heterocycles. The summed E-state index contributed by atoms with van der Waals surface area (Å²) in [6.45, 7) is 3.99. The maximum atomic E-state index is 12.9. The fraction of sp³-hybridized carbons (Fsp3) is 0.391. The second kappa shape index (κ2) is 8.65. The minimum atomic E-state index is -0.246. The van der Waals surface area contributed by atoms with Crippen molar-refractivity contribution in [1.82, 2.24) is 4.90 Å². The first-order valence-corrected chi connectivity index (χ1v) is 9.98. The van der Waals surface area contributed by atoms with Crippen molar-refractivity contribution < 1.29 is 13.9 Å². The van der Waals surface area contributed by atoms with E-state index in [2.05, 4.69) is 9.89 Å². The Kier molecular flexibility index (Phi) is 5.81. The average Bonchev–Trinajstić information content (AvgIpc) is 2.74. The van der Waals surface area contributed by atoms with Crippen LogP contribution in [0.15, 0.2) is 53.5 Å². The fourth-order valence-corrected chi connectivity index (χ4v) is 4.06. The van der Waals surface area contributed by atoms with Crippen LogP contribution in [0.1, 0.15) is 35.2 Å². The summed E-state index contributed by atoms with van der Waals surface area (Å²) in [6.07, 6.45) is 3.08. The number of piperidine rings is 1. The fourth-order valence-electron chi connectivity index (χ4n) is 4.06. The maximum absolute atomic E-state index is 12.9. The highest BCUT2D eigenvalue weighted by Gasteiger charge is 2.28. The number of carbonyl (C=O) groups is 1. The van der Waals surface area contributed by atoms with Gasteiger partial charge < -0.3 is 9.64 Å². The van der Waals surface area contributed by atoms with E-state index in [-0.39, 0.29) is 18.1 Å². The lowest BCUT2D eigenvalue weighted by atomic mass is 9.84. The van der Waals surface area contributed by atoms with E-state index < -0.39 is 0 Å². The van der Waals surface area contributed by atoms with Crippen LogP contribution in [0.25, 0.3) is 0 Å². The lowest BCUT2D eigenvalue weighted by Crippen LogP contribution is -2.38. The van der Waals surface area contributed by atoms with Crippen molar-refractivity contribution >= 4 is 11.5 Å². The predicted octanol–water partition coefficient (Wildman–Crippen LogP) is 3.99. The molecule has 0 unspecified atom stereocenters. The molecule has 1 saturated heterocycles. The number of nitrogens with zero attached hydrogens (tertiary/aromatic N) is 2. The molecule has 0 N–H and O–H groups in total. The third kappa shape index (κ3) is 4.30. The number of halogens is 1. The number of fused-ring (bicyclic) bond motifs is 1. The summed E-state index contributed by atoms with van der Waals surface area (Å²) in [4.78, 5) is 19.2. The zero-order valence-corrected chi connectivity index (χ0v) is 15.9. The van der Waals surface area contributed by atoms with Gasteiger partial charge in [0.15, 0.2) is 5.78 Å². The highest BCUT2D eigenvalue weighted by Crippen LogP contribution is 2.27. The van der Waals surface area contributed by atoms with Gasteiger partial charge in [-0.25, -0.2) is 4.39 Å². The average molecular weight is 380 g/mol. The van der Waals surface area contributed by atoms with Crippen LogP contribution in [-0.4, -0.2) is 49.2 Å². The van der Waals surface area contributed by atoms with E-state index in [1.807, 2.05) is 24.3 Å². The van der Waals surface area contributed by atoms with Gasteiger partial charge in [-0.1, -0.05) is 24.3 Å². The highest BCUT2D eigenvalue weighted by molar-refractivity contribution is 6.16. The number of hydrogen-bond acceptors (Lipinski definition) is 4. The number of hydrogen-bond donors (Lipinski definition) is 0. The van der Waals surface area contributed by atoms with Crippen LogP contribution in [0.3, 0.4) is 0 Å². The van der Waals surface area contributed by atoms with Crippen LogP contribution in [0.4, 0.5) is 4.39 Å². The summed E-state index contributed by atoms with van der Waals surface area (Å²) < 4.78 is 18.6. The molecule has 2 heterocycles. The van der Waals surface area contributed by atoms with Crippen LogP contribution in [0, 0.1) is 11.7 Å². The van der Waals surface area contributed by atoms with Gasteiger partial charge in [-0.2, -0.15) is 0 Å². The largest absolute Gasteiger partial charge is 0.494 e. The molecule has 2 aliphatic rings. The Morgan fingerprint density at radius 2 is 1.75 bits per heavy atom. The summed E-state index contributed by atoms with van der Waals surface area (Å²) >= 11 is 0. The number of rotatable bonds is 6. The normalized spacial score (nSPS) is 17.9. The Morgan fingerprint density at radius 3 is 2.50 bits per heavy atom. The molecule has 0 saturated carbocycles. The second-order valence-electron chi connectivity index (χ2n) is 7.44. The smallest absolute Gasteiger partial charge is 0.184 e. The van der Waals surface area contributed by atoms with Crippen molar-refractivity contribution in [3.63, 3.8) is 0 Å². The third-order valence-corrected chi connectivity index (χ3v) is 5.57. The lowest BCUT2D eigenvalue weighted by Gasteiger charge is -2.33. The van der Waals surface area contributed by atoms with Crippen molar-refractivity contribution in [3.05, 3.63) is 65.5 Å². The van der Waals surface area contributed by atoms with Gasteiger partial charge in [-0.05, 0) is 56.6 Å². The number of ether oxygens (including phenoxy) is 1. The Balaban J connectivity index is 1.24. The molecular formula is C23H25FN2O2. The van der Waals surface area contributed by atoms with Gasteiger partial charge in [-0.15, -0.1) is 0 Å². The first kappa shape index (κ1) is 18.8. The van der Waals surface area contributed by atoms with Crippen LogP contribution < -0.4 is 4.74 Å². The van der Waals surface area contributed by atoms with Gasteiger partial charge in [0.1, 0.15) is 18.1 Å². The Labute approximate surface area is 165 Å². The molecule has 0 atom stereocenters. The number of carbonyl (C=O) groups excluding carboxylic acids is 1. The zero-order valence-electron chi connectivity index (χ0n) is 15.9. The number of Topliss-reactive ketones (excluding diaryl/α,β-unsaturated/α-hetero) is 1. The summed E-state index contributed by atoms with van der Waals surface area (Å²) in [5, 5.41) is 0. The van der Waals surface area contributed by atoms with Crippen molar-refractivity contribution in [2.24, 2.45) is 10.9 Å². The Bertz CT molecular complexity index is 855. The molecule has 5 heteroatoms. The maximum Gasteiger partial charge on any atom is 0.184 e. The number of likely N-dealkylation sites (tertiary alicyclic amines) is 1. The Morgan fingerprint density at radius 1 is 1.04 bits per heavy atom. The van der Waals surface area contributed by atoms with E-state index >= 15 is 0 Å². The second-order valence-corrected chi connectivity index (χ2v) is 7.44. The molecule has 28 heavy (non-hydrogen) atoms. The van der Waals surface area contributed by atoms with Gasteiger partial charge in [0, 0.05) is 29.3 Å². The van der Waals surface area contributed by atoms with Crippen LogP contribution in [0.2, 0.25) is 0 Å². The molecule has 0 aromatic heterocycles. The molecule has 2 aromatic carbocycles. The summed E-state index contributed by atoms with van der Waals surface area (Å²) in [5.74, 6) is 1.02. The summed E-state index contributed by atoms with van der Waals surface area (Å²) in [7, 11) is 0. The van der Waals surface area contributed by atoms with Gasteiger partial charge in [0.2, 0.25) is 0 Å². The standard InChI is InChI=1S/C23H25FN2O2/c24-18-6-8-19(9-7-18)28-15-3-12-26-13-10-17(11-14-26)23-21-5-2-1-4-20(21)22(27)16-25-23/h1-2,4-9,17H,3,10-16H2. The quantitative estimate of drug-likeness (QED) is 0.712. The summed E-state index contributed by atoms with van der Waals surface area (Å²) in [6, 6.07) is 14.0. The number of benzene rings is 2. The topological polar surface area (TPSA) is 41.9 Å². The molecule has 146 valence electrons. The monoisotopic (exact) mass is 380 g/mol. The molecular weight excluding hydrogens is 355 g/mol. The van der Waals surface area contributed by atoms with Crippen molar-refractivity contribution in [2.75, 3.05) is 32.8 Å². The van der Waals surface area contributed by atoms with Gasteiger partial charge >= 0.3 is 0 Å². The molecule has 0 radical (unpaired) electrons. The van der Waals surface area contributed by atoms with Crippen LogP contribution in [0.5, 0.6) is 5.75 Å². The van der Waals surface area contributed by atoms with Crippen molar-refractivity contribution in [1.29, 1.82) is 0 Å². The molecule has 4 nitrogen and oxygen atoms in total. The molecule has 4 rings (SSSR count). The zero-order chi connectivity index (χ0) is 19.3. The molecule has 1 fully saturated rings. The van der Waals surface area contributed by atoms with Crippen LogP contribution in [-0.2, 0) is 0 Å². The van der Waals surface area contributed by atoms with Gasteiger partial charge in [0.05, 0.1) is 6.61 Å². The van der Waals surface area contributed by atoms with E-state index in [0.29, 0.717) is 18.3 Å². The summed E-state index contributed by atoms with van der Waals surface area (Å²) in [5.41, 5.74) is 2.98. The van der Waals surface area contributed by atoms with Crippen LogP contribution >= 0.6 is 0 Å². The van der Waals surface area contributed by atoms with Crippen molar-refractivity contribution in [3.8, 4) is 5.75 Å². The predicted molar refractivity (Wildman–Crippen MR) is 108 cm³/mol. The minimum absolute atomic E-state index is 0.123. The van der Waals surface area contributed by atoms with E-state index in [0.717, 1.165) is 55.7 Å². The first-order valence-electron chi connectivity index (χ1n) is 9.98. The third-order valence-electron chi connectivity index (χ3n) is 5.57. The van der Waals surface area contributed by atoms with Crippen molar-refractivity contribution in [2.45, 2.75) is 19.3 Å². The van der Waals surface area contributed by atoms with E-state index in [9.17, 15) is 9.18 Å². The molecule has 0 amide bonds. The molecule has 0 aliphatic carbocycles. The number of aliphatic imine (C=N–C) groups is 1. The minimum Gasteiger partial charge on any atom is -0.494 e. The van der Waals surface area contributed by atoms with E-state index in [4.69, 9.17) is 4.74 Å². The van der Waals surface area contributed by atoms with Gasteiger partial charge in [-0.3, -0.25) is 9.79 Å². The van der Waals surface area contributed by atoms with E-state index in [1.165, 1.54) is 12.1 Å². The number of ketones is 1. The highest BCUT2D eigenvalue weighted by atomic mass is 19.1. The Hall–Kier alpha value is -2.53. The van der Waals surface area contributed by atoms with E-state index in [1.54, 1.807) is 12.1 Å². The molecule has 0 bridgehead atoms. The molecule has 0 spiro atoms. The molecule has 2 aromatic rings. The first-order chi connectivity index (χ1) is 13.7. The lowest BCUT2D eigenvalue weighted by molar-refractivity contribution is 0.0999. The van der Waals surface area contributed by atoms with Gasteiger partial charge in [0.25, 0.3) is 0 Å².